The van der Waals surface area contributed by atoms with Gasteiger partial charge in [-0.1, -0.05) is 30.3 Å². The van der Waals surface area contributed by atoms with Crippen molar-refractivity contribution in [3.63, 3.8) is 0 Å². The van der Waals surface area contributed by atoms with Crippen LogP contribution in [0.25, 0.3) is 0 Å². The molecule has 0 heterocycles. The number of esters is 1. The summed E-state index contributed by atoms with van der Waals surface area (Å²) in [5, 5.41) is 0. The van der Waals surface area contributed by atoms with E-state index in [1.165, 1.54) is 20.8 Å². The lowest BCUT2D eigenvalue weighted by Gasteiger charge is -2.30. The molecule has 2 amide bonds. The molecule has 168 valence electrons. The number of rotatable bonds is 7. The molecular formula is C19H24F3NO6S. The van der Waals surface area contributed by atoms with Gasteiger partial charge >= 0.3 is 24.3 Å². The number of benzene rings is 1. The van der Waals surface area contributed by atoms with E-state index in [1.54, 1.807) is 30.3 Å². The number of hydrogen-bond acceptors (Lipinski definition) is 7. The highest BCUT2D eigenvalue weighted by atomic mass is 32.2. The Morgan fingerprint density at radius 1 is 1.07 bits per heavy atom. The summed E-state index contributed by atoms with van der Waals surface area (Å²) in [7, 11) is 0.992. The van der Waals surface area contributed by atoms with Crippen LogP contribution in [0.15, 0.2) is 30.3 Å². The van der Waals surface area contributed by atoms with Crippen LogP contribution < -0.4 is 0 Å². The number of amides is 2. The summed E-state index contributed by atoms with van der Waals surface area (Å²) < 4.78 is 52.3. The molecule has 1 aromatic rings. The lowest BCUT2D eigenvalue weighted by atomic mass is 10.2. The van der Waals surface area contributed by atoms with Gasteiger partial charge in [0.1, 0.15) is 12.2 Å². The normalized spacial score (nSPS) is 12.6. The SMILES string of the molecule is COC(=O)[C@H](CSCC(F)(F)F)N(C(=O)OCc1ccccc1)C(=O)OC(C)(C)C. The number of carbonyl (C=O) groups excluding carboxylic acids is 3. The lowest BCUT2D eigenvalue weighted by Crippen LogP contribution is -2.52. The van der Waals surface area contributed by atoms with Gasteiger partial charge in [0.2, 0.25) is 0 Å². The zero-order chi connectivity index (χ0) is 22.9. The highest BCUT2D eigenvalue weighted by molar-refractivity contribution is 7.99. The molecule has 30 heavy (non-hydrogen) atoms. The van der Waals surface area contributed by atoms with Gasteiger partial charge in [-0.25, -0.2) is 14.4 Å². The van der Waals surface area contributed by atoms with E-state index in [0.717, 1.165) is 7.11 Å². The van der Waals surface area contributed by atoms with Gasteiger partial charge < -0.3 is 14.2 Å². The van der Waals surface area contributed by atoms with E-state index >= 15 is 0 Å². The number of imide groups is 1. The fraction of sp³-hybridized carbons (Fsp3) is 0.526. The second-order valence-electron chi connectivity index (χ2n) is 7.06. The van der Waals surface area contributed by atoms with Crippen LogP contribution in [-0.2, 0) is 25.6 Å². The predicted molar refractivity (Wildman–Crippen MR) is 104 cm³/mol. The zero-order valence-corrected chi connectivity index (χ0v) is 17.8. The molecule has 0 aliphatic heterocycles. The van der Waals surface area contributed by atoms with Crippen molar-refractivity contribution in [1.29, 1.82) is 0 Å². The van der Waals surface area contributed by atoms with Crippen molar-refractivity contribution in [2.75, 3.05) is 18.6 Å². The molecule has 11 heteroatoms. The first-order chi connectivity index (χ1) is 13.8. The monoisotopic (exact) mass is 451 g/mol. The van der Waals surface area contributed by atoms with Crippen LogP contribution in [0.2, 0.25) is 0 Å². The van der Waals surface area contributed by atoms with E-state index < -0.39 is 47.5 Å². The highest BCUT2D eigenvalue weighted by Crippen LogP contribution is 2.24. The molecule has 0 N–H and O–H groups in total. The van der Waals surface area contributed by atoms with Crippen LogP contribution in [0.1, 0.15) is 26.3 Å². The fourth-order valence-electron chi connectivity index (χ4n) is 2.10. The van der Waals surface area contributed by atoms with Crippen molar-refractivity contribution < 1.29 is 41.8 Å². The van der Waals surface area contributed by atoms with Gasteiger partial charge in [-0.15, -0.1) is 11.8 Å². The van der Waals surface area contributed by atoms with Crippen LogP contribution in [0.3, 0.4) is 0 Å². The van der Waals surface area contributed by atoms with E-state index in [1.807, 2.05) is 0 Å². The van der Waals surface area contributed by atoms with Crippen LogP contribution in [0.5, 0.6) is 0 Å². The molecule has 0 radical (unpaired) electrons. The summed E-state index contributed by atoms with van der Waals surface area (Å²) in [6, 6.07) is 6.84. The Morgan fingerprint density at radius 3 is 2.17 bits per heavy atom. The molecule has 0 unspecified atom stereocenters. The van der Waals surface area contributed by atoms with Crippen molar-refractivity contribution in [2.45, 2.75) is 45.2 Å². The zero-order valence-electron chi connectivity index (χ0n) is 17.0. The van der Waals surface area contributed by atoms with Crippen LogP contribution in [0, 0.1) is 0 Å². The van der Waals surface area contributed by atoms with Gasteiger partial charge in [0.25, 0.3) is 0 Å². The summed E-state index contributed by atoms with van der Waals surface area (Å²) in [4.78, 5) is 37.8. The smallest absolute Gasteiger partial charge is 0.420 e. The number of methoxy groups -OCH3 is 1. The Morgan fingerprint density at radius 2 is 1.67 bits per heavy atom. The molecule has 1 rings (SSSR count). The molecule has 0 fully saturated rings. The minimum Gasteiger partial charge on any atom is -0.467 e. The topological polar surface area (TPSA) is 82.1 Å². The first-order valence-corrected chi connectivity index (χ1v) is 9.94. The largest absolute Gasteiger partial charge is 0.467 e. The predicted octanol–water partition coefficient (Wildman–Crippen LogP) is 4.40. The summed E-state index contributed by atoms with van der Waals surface area (Å²) in [5.74, 6) is -2.90. The average Bonchev–Trinajstić information content (AvgIpc) is 2.63. The van der Waals surface area contributed by atoms with Crippen LogP contribution in [0.4, 0.5) is 22.8 Å². The van der Waals surface area contributed by atoms with Crippen molar-refractivity contribution in [3.05, 3.63) is 35.9 Å². The molecule has 0 bridgehead atoms. The van der Waals surface area contributed by atoms with Gasteiger partial charge in [-0.2, -0.15) is 18.1 Å². The number of carbonyl (C=O) groups is 3. The second-order valence-corrected chi connectivity index (χ2v) is 8.09. The lowest BCUT2D eigenvalue weighted by molar-refractivity contribution is -0.145. The van der Waals surface area contributed by atoms with Crippen molar-refractivity contribution in [3.8, 4) is 0 Å². The molecule has 1 atom stereocenters. The standard InChI is InChI=1S/C19H24F3NO6S/c1-18(2,3)29-17(26)23(16(25)28-10-13-8-6-5-7-9-13)14(15(24)27-4)11-30-12-19(20,21)22/h5-9,14H,10-12H2,1-4H3/t14-/m0/s1. The van der Waals surface area contributed by atoms with Crippen molar-refractivity contribution >= 4 is 29.9 Å². The number of nitrogens with zero attached hydrogens (tertiary/aromatic N) is 1. The van der Waals surface area contributed by atoms with Gasteiger partial charge in [-0.05, 0) is 26.3 Å². The number of alkyl halides is 3. The number of halogens is 3. The minimum absolute atomic E-state index is 0.220. The fourth-order valence-corrected chi connectivity index (χ4v) is 2.96. The maximum absolute atomic E-state index is 12.6. The third-order valence-corrected chi connectivity index (χ3v) is 4.40. The maximum Gasteiger partial charge on any atom is 0.420 e. The minimum atomic E-state index is -4.49. The van der Waals surface area contributed by atoms with Crippen molar-refractivity contribution in [1.82, 2.24) is 4.90 Å². The van der Waals surface area contributed by atoms with Crippen molar-refractivity contribution in [2.24, 2.45) is 0 Å². The molecule has 1 aromatic carbocycles. The maximum atomic E-state index is 12.6. The molecule has 0 saturated carbocycles. The van der Waals surface area contributed by atoms with Crippen LogP contribution in [-0.4, -0.2) is 59.5 Å². The molecule has 0 aliphatic rings. The second kappa shape index (κ2) is 11.1. The number of hydrogen-bond donors (Lipinski definition) is 0. The third kappa shape index (κ3) is 9.38. The molecule has 0 aromatic heterocycles. The quantitative estimate of drug-likeness (QED) is 0.449. The number of ether oxygens (including phenoxy) is 3. The third-order valence-electron chi connectivity index (χ3n) is 3.32. The molecule has 0 spiro atoms. The Balaban J connectivity index is 3.07. The first kappa shape index (κ1) is 25.6. The molecule has 7 nitrogen and oxygen atoms in total. The summed E-state index contributed by atoms with van der Waals surface area (Å²) in [6.07, 6.45) is -6.96. The Kier molecular flexibility index (Phi) is 9.47. The average molecular weight is 451 g/mol. The van der Waals surface area contributed by atoms with E-state index in [4.69, 9.17) is 9.47 Å². The Bertz CT molecular complexity index is 721. The molecular weight excluding hydrogens is 427 g/mol. The molecule has 0 aliphatic carbocycles. The van der Waals surface area contributed by atoms with Gasteiger partial charge in [-0.3, -0.25) is 0 Å². The van der Waals surface area contributed by atoms with E-state index in [0.29, 0.717) is 22.2 Å². The van der Waals surface area contributed by atoms with Gasteiger partial charge in [0, 0.05) is 5.75 Å². The number of thioether (sulfide) groups is 1. The molecule has 0 saturated heterocycles. The summed E-state index contributed by atoms with van der Waals surface area (Å²) in [5.41, 5.74) is -0.425. The van der Waals surface area contributed by atoms with Gasteiger partial charge in [0.05, 0.1) is 12.9 Å². The summed E-state index contributed by atoms with van der Waals surface area (Å²) in [6.45, 7) is 4.38. The van der Waals surface area contributed by atoms with E-state index in [9.17, 15) is 27.6 Å². The summed E-state index contributed by atoms with van der Waals surface area (Å²) >= 11 is 0.325. The van der Waals surface area contributed by atoms with E-state index in [-0.39, 0.29) is 6.61 Å². The highest BCUT2D eigenvalue weighted by Gasteiger charge is 2.40. The Labute approximate surface area is 176 Å². The van der Waals surface area contributed by atoms with Gasteiger partial charge in [0.15, 0.2) is 6.04 Å². The first-order valence-electron chi connectivity index (χ1n) is 8.79. The van der Waals surface area contributed by atoms with E-state index in [2.05, 4.69) is 4.74 Å². The van der Waals surface area contributed by atoms with Crippen LogP contribution >= 0.6 is 11.8 Å². The Hall–Kier alpha value is -2.43.